The van der Waals surface area contributed by atoms with Crippen LogP contribution < -0.4 is 10.6 Å². The van der Waals surface area contributed by atoms with E-state index in [0.29, 0.717) is 5.13 Å². The van der Waals surface area contributed by atoms with Gasteiger partial charge in [0.25, 0.3) is 0 Å². The second-order valence-corrected chi connectivity index (χ2v) is 6.23. The molecular weight excluding hydrogens is 298 g/mol. The van der Waals surface area contributed by atoms with Crippen molar-refractivity contribution in [2.75, 3.05) is 5.32 Å². The van der Waals surface area contributed by atoms with E-state index in [9.17, 15) is 14.4 Å². The average molecular weight is 315 g/mol. The van der Waals surface area contributed by atoms with Gasteiger partial charge in [0.15, 0.2) is 5.13 Å². The summed E-state index contributed by atoms with van der Waals surface area (Å²) in [5, 5.41) is 24.0. The summed E-state index contributed by atoms with van der Waals surface area (Å²) in [6.07, 6.45) is -0.701. The van der Waals surface area contributed by atoms with Crippen LogP contribution in [0.3, 0.4) is 0 Å². The van der Waals surface area contributed by atoms with Gasteiger partial charge >= 0.3 is 18.0 Å². The van der Waals surface area contributed by atoms with E-state index < -0.39 is 30.4 Å². The molecule has 4 N–H and O–H groups in total. The van der Waals surface area contributed by atoms with E-state index in [-0.39, 0.29) is 5.41 Å². The molecule has 0 bridgehead atoms. The monoisotopic (exact) mass is 315 g/mol. The summed E-state index contributed by atoms with van der Waals surface area (Å²) in [5.74, 6) is -2.73. The van der Waals surface area contributed by atoms with Crippen LogP contribution in [0.2, 0.25) is 0 Å². The molecule has 116 valence electrons. The van der Waals surface area contributed by atoms with Crippen molar-refractivity contribution < 1.29 is 24.6 Å². The van der Waals surface area contributed by atoms with Crippen molar-refractivity contribution in [3.63, 3.8) is 0 Å². The van der Waals surface area contributed by atoms with Crippen LogP contribution in [-0.2, 0) is 15.0 Å². The number of thiazole rings is 1. The van der Waals surface area contributed by atoms with Crippen LogP contribution in [0.4, 0.5) is 9.93 Å². The van der Waals surface area contributed by atoms with Gasteiger partial charge in [-0.2, -0.15) is 0 Å². The van der Waals surface area contributed by atoms with Crippen molar-refractivity contribution in [3.05, 3.63) is 11.1 Å². The molecule has 1 atom stereocenters. The number of nitrogens with one attached hydrogen (secondary N) is 2. The second kappa shape index (κ2) is 6.53. The number of aromatic nitrogens is 1. The Labute approximate surface area is 125 Å². The number of anilines is 1. The number of carbonyl (C=O) groups is 3. The third-order valence-corrected chi connectivity index (χ3v) is 3.23. The fourth-order valence-corrected chi connectivity index (χ4v) is 2.27. The number of nitrogens with zero attached hydrogens (tertiary/aromatic N) is 1. The minimum atomic E-state index is -1.50. The topological polar surface area (TPSA) is 129 Å². The van der Waals surface area contributed by atoms with Crippen LogP contribution in [0.1, 0.15) is 32.9 Å². The van der Waals surface area contributed by atoms with Gasteiger partial charge in [0.1, 0.15) is 6.04 Å². The summed E-state index contributed by atoms with van der Waals surface area (Å²) >= 11 is 1.21. The van der Waals surface area contributed by atoms with Crippen LogP contribution in [0, 0.1) is 0 Å². The van der Waals surface area contributed by atoms with Gasteiger partial charge in [0.2, 0.25) is 0 Å². The number of amides is 2. The highest BCUT2D eigenvalue weighted by molar-refractivity contribution is 7.13. The molecule has 0 fully saturated rings. The van der Waals surface area contributed by atoms with Gasteiger partial charge in [-0.1, -0.05) is 20.8 Å². The summed E-state index contributed by atoms with van der Waals surface area (Å²) in [7, 11) is 0. The fraction of sp³-hybridized carbons (Fsp3) is 0.500. The molecule has 0 aliphatic rings. The van der Waals surface area contributed by atoms with E-state index >= 15 is 0 Å². The van der Waals surface area contributed by atoms with Crippen molar-refractivity contribution in [3.8, 4) is 0 Å². The average Bonchev–Trinajstić information content (AvgIpc) is 2.75. The van der Waals surface area contributed by atoms with E-state index in [1.807, 2.05) is 20.8 Å². The Morgan fingerprint density at radius 3 is 2.38 bits per heavy atom. The summed E-state index contributed by atoms with van der Waals surface area (Å²) < 4.78 is 0. The number of carboxylic acid groups (broad SMARTS) is 2. The van der Waals surface area contributed by atoms with Crippen LogP contribution in [0.25, 0.3) is 0 Å². The maximum Gasteiger partial charge on any atom is 0.326 e. The van der Waals surface area contributed by atoms with Gasteiger partial charge in [-0.25, -0.2) is 14.6 Å². The normalized spacial score (nSPS) is 12.5. The Kier molecular flexibility index (Phi) is 5.25. The first-order valence-electron chi connectivity index (χ1n) is 6.07. The first-order valence-corrected chi connectivity index (χ1v) is 6.95. The maximum absolute atomic E-state index is 11.7. The molecule has 0 saturated heterocycles. The second-order valence-electron chi connectivity index (χ2n) is 5.38. The zero-order chi connectivity index (χ0) is 16.2. The van der Waals surface area contributed by atoms with Crippen molar-refractivity contribution in [2.45, 2.75) is 38.6 Å². The molecule has 1 heterocycles. The molecule has 0 radical (unpaired) electrons. The van der Waals surface area contributed by atoms with Crippen LogP contribution in [0.15, 0.2) is 5.38 Å². The third-order valence-electron chi connectivity index (χ3n) is 2.48. The Bertz CT molecular complexity index is 549. The molecule has 2 amide bonds. The fourth-order valence-electron chi connectivity index (χ4n) is 1.34. The van der Waals surface area contributed by atoms with Crippen LogP contribution >= 0.6 is 11.3 Å². The summed E-state index contributed by atoms with van der Waals surface area (Å²) in [5.41, 5.74) is 0.628. The zero-order valence-electron chi connectivity index (χ0n) is 11.8. The number of hydrogen-bond acceptors (Lipinski definition) is 5. The molecule has 1 aromatic heterocycles. The molecule has 0 spiro atoms. The van der Waals surface area contributed by atoms with E-state index in [2.05, 4.69) is 15.6 Å². The molecule has 9 heteroatoms. The van der Waals surface area contributed by atoms with Crippen molar-refractivity contribution >= 4 is 34.4 Å². The predicted octanol–water partition coefficient (Wildman–Crippen LogP) is 1.49. The number of hydrogen-bond donors (Lipinski definition) is 4. The lowest BCUT2D eigenvalue weighted by atomic mass is 9.93. The molecule has 0 saturated carbocycles. The highest BCUT2D eigenvalue weighted by Gasteiger charge is 2.24. The molecule has 1 aromatic rings. The Balaban J connectivity index is 2.66. The minimum absolute atomic E-state index is 0.167. The molecule has 1 rings (SSSR count). The predicted molar refractivity (Wildman–Crippen MR) is 76.6 cm³/mol. The molecular formula is C12H17N3O5S. The van der Waals surface area contributed by atoms with Crippen molar-refractivity contribution in [1.82, 2.24) is 10.3 Å². The number of carbonyl (C=O) groups excluding carboxylic acids is 1. The van der Waals surface area contributed by atoms with Gasteiger partial charge in [-0.05, 0) is 0 Å². The van der Waals surface area contributed by atoms with E-state index in [4.69, 9.17) is 10.2 Å². The van der Waals surface area contributed by atoms with Gasteiger partial charge < -0.3 is 15.5 Å². The Morgan fingerprint density at radius 2 is 1.95 bits per heavy atom. The number of aliphatic carboxylic acids is 2. The zero-order valence-corrected chi connectivity index (χ0v) is 12.7. The third kappa shape index (κ3) is 5.38. The number of carboxylic acids is 2. The molecule has 8 nitrogen and oxygen atoms in total. The molecule has 21 heavy (non-hydrogen) atoms. The lowest BCUT2D eigenvalue weighted by Crippen LogP contribution is -2.44. The van der Waals surface area contributed by atoms with Crippen molar-refractivity contribution in [1.29, 1.82) is 0 Å². The summed E-state index contributed by atoms with van der Waals surface area (Å²) in [6.45, 7) is 5.91. The van der Waals surface area contributed by atoms with Gasteiger partial charge in [0, 0.05) is 10.8 Å². The first kappa shape index (κ1) is 16.9. The van der Waals surface area contributed by atoms with Gasteiger partial charge in [-0.3, -0.25) is 10.1 Å². The standard InChI is InChI=1S/C12H17N3O5S/c1-12(2,3)7-5-21-11(14-7)15-10(20)13-6(9(18)19)4-8(16)17/h5-6H,4H2,1-3H3,(H,16,17)(H,18,19)(H2,13,14,15,20). The Hall–Kier alpha value is -2.16. The highest BCUT2D eigenvalue weighted by Crippen LogP contribution is 2.26. The van der Waals surface area contributed by atoms with Crippen molar-refractivity contribution in [2.24, 2.45) is 0 Å². The summed E-state index contributed by atoms with van der Waals surface area (Å²) in [6, 6.07) is -2.30. The lowest BCUT2D eigenvalue weighted by Gasteiger charge is -2.14. The molecule has 0 aliphatic heterocycles. The molecule has 0 aromatic carbocycles. The largest absolute Gasteiger partial charge is 0.481 e. The summed E-state index contributed by atoms with van der Waals surface area (Å²) in [4.78, 5) is 37.2. The highest BCUT2D eigenvalue weighted by atomic mass is 32.1. The van der Waals surface area contributed by atoms with E-state index in [1.165, 1.54) is 11.3 Å². The lowest BCUT2D eigenvalue weighted by molar-refractivity contribution is -0.145. The minimum Gasteiger partial charge on any atom is -0.481 e. The van der Waals surface area contributed by atoms with E-state index in [1.54, 1.807) is 5.38 Å². The van der Waals surface area contributed by atoms with Gasteiger partial charge in [-0.15, -0.1) is 11.3 Å². The first-order chi connectivity index (χ1) is 9.59. The molecule has 1 unspecified atom stereocenters. The van der Waals surface area contributed by atoms with Gasteiger partial charge in [0.05, 0.1) is 12.1 Å². The smallest absolute Gasteiger partial charge is 0.326 e. The molecule has 0 aliphatic carbocycles. The quantitative estimate of drug-likeness (QED) is 0.651. The number of rotatable bonds is 5. The van der Waals surface area contributed by atoms with Crippen LogP contribution in [-0.4, -0.2) is 39.2 Å². The van der Waals surface area contributed by atoms with E-state index in [0.717, 1.165) is 5.69 Å². The van der Waals surface area contributed by atoms with Crippen LogP contribution in [0.5, 0.6) is 0 Å². The Morgan fingerprint density at radius 1 is 1.33 bits per heavy atom. The maximum atomic E-state index is 11.7. The SMILES string of the molecule is CC(C)(C)c1csc(NC(=O)NC(CC(=O)O)C(=O)O)n1. The number of urea groups is 1.